The van der Waals surface area contributed by atoms with E-state index in [9.17, 15) is 13.2 Å². The summed E-state index contributed by atoms with van der Waals surface area (Å²) in [6.45, 7) is 0.915. The lowest BCUT2D eigenvalue weighted by Crippen LogP contribution is -2.30. The van der Waals surface area contributed by atoms with Crippen molar-refractivity contribution in [2.45, 2.75) is 31.0 Å². The zero-order chi connectivity index (χ0) is 13.2. The van der Waals surface area contributed by atoms with E-state index < -0.39 is 11.7 Å². The molecule has 2 rings (SSSR count). The molecule has 0 saturated carbocycles. The largest absolute Gasteiger partial charge is 0.416 e. The standard InChI is InChI=1S/C13H16F3NO/c14-13(15,16)11-3-1-2-9(6-11)10-4-5-12(7-17)18-8-10/h1-3,6,10,12H,4-5,7-8,17H2. The fourth-order valence-electron chi connectivity index (χ4n) is 2.22. The average Bonchev–Trinajstić information content (AvgIpc) is 2.38. The molecule has 1 aliphatic heterocycles. The molecule has 1 saturated heterocycles. The Kier molecular flexibility index (Phi) is 3.92. The van der Waals surface area contributed by atoms with Crippen LogP contribution in [0, 0.1) is 0 Å². The molecular weight excluding hydrogens is 243 g/mol. The van der Waals surface area contributed by atoms with Crippen LogP contribution < -0.4 is 5.73 Å². The average molecular weight is 259 g/mol. The molecule has 1 heterocycles. The predicted molar refractivity (Wildman–Crippen MR) is 62.2 cm³/mol. The van der Waals surface area contributed by atoms with Crippen LogP contribution in [0.1, 0.15) is 29.9 Å². The summed E-state index contributed by atoms with van der Waals surface area (Å²) in [5.74, 6) is 0.0371. The fourth-order valence-corrected chi connectivity index (χ4v) is 2.22. The first-order chi connectivity index (χ1) is 8.50. The Morgan fingerprint density at radius 1 is 1.28 bits per heavy atom. The first-order valence-corrected chi connectivity index (χ1v) is 5.99. The number of rotatable bonds is 2. The number of alkyl halides is 3. The van der Waals surface area contributed by atoms with Gasteiger partial charge < -0.3 is 10.5 Å². The van der Waals surface area contributed by atoms with Gasteiger partial charge in [0.25, 0.3) is 0 Å². The quantitative estimate of drug-likeness (QED) is 0.886. The lowest BCUT2D eigenvalue weighted by molar-refractivity contribution is -0.137. The highest BCUT2D eigenvalue weighted by Gasteiger charge is 2.31. The Hall–Kier alpha value is -1.07. The second-order valence-corrected chi connectivity index (χ2v) is 4.59. The van der Waals surface area contributed by atoms with Gasteiger partial charge in [0.2, 0.25) is 0 Å². The summed E-state index contributed by atoms with van der Waals surface area (Å²) in [6.07, 6.45) is -2.61. The van der Waals surface area contributed by atoms with Gasteiger partial charge in [0, 0.05) is 12.5 Å². The van der Waals surface area contributed by atoms with Crippen LogP contribution in [0.3, 0.4) is 0 Å². The van der Waals surface area contributed by atoms with Gasteiger partial charge in [-0.25, -0.2) is 0 Å². The number of benzene rings is 1. The second kappa shape index (κ2) is 5.28. The fraction of sp³-hybridized carbons (Fsp3) is 0.538. The summed E-state index contributed by atoms with van der Waals surface area (Å²) in [5.41, 5.74) is 5.59. The van der Waals surface area contributed by atoms with Crippen molar-refractivity contribution in [1.82, 2.24) is 0 Å². The molecular formula is C13H16F3NO. The molecule has 0 amide bonds. The number of hydrogen-bond acceptors (Lipinski definition) is 2. The van der Waals surface area contributed by atoms with Gasteiger partial charge in [0.1, 0.15) is 0 Å². The maximum Gasteiger partial charge on any atom is 0.416 e. The normalized spacial score (nSPS) is 25.1. The lowest BCUT2D eigenvalue weighted by Gasteiger charge is -2.28. The highest BCUT2D eigenvalue weighted by Crippen LogP contribution is 2.33. The zero-order valence-corrected chi connectivity index (χ0v) is 9.91. The van der Waals surface area contributed by atoms with Gasteiger partial charge in [-0.3, -0.25) is 0 Å². The highest BCUT2D eigenvalue weighted by molar-refractivity contribution is 5.28. The van der Waals surface area contributed by atoms with Gasteiger partial charge in [0.15, 0.2) is 0 Å². The summed E-state index contributed by atoms with van der Waals surface area (Å²) in [4.78, 5) is 0. The van der Waals surface area contributed by atoms with E-state index in [-0.39, 0.29) is 12.0 Å². The van der Waals surface area contributed by atoms with E-state index in [1.165, 1.54) is 12.1 Å². The first-order valence-electron chi connectivity index (χ1n) is 5.99. The number of hydrogen-bond donors (Lipinski definition) is 1. The highest BCUT2D eigenvalue weighted by atomic mass is 19.4. The minimum atomic E-state index is -4.29. The van der Waals surface area contributed by atoms with Crippen LogP contribution in [0.25, 0.3) is 0 Å². The van der Waals surface area contributed by atoms with Crippen molar-refractivity contribution in [3.05, 3.63) is 35.4 Å². The van der Waals surface area contributed by atoms with E-state index in [4.69, 9.17) is 10.5 Å². The van der Waals surface area contributed by atoms with Crippen molar-refractivity contribution in [1.29, 1.82) is 0 Å². The summed E-state index contributed by atoms with van der Waals surface area (Å²) < 4.78 is 43.3. The van der Waals surface area contributed by atoms with E-state index in [1.807, 2.05) is 0 Å². The smallest absolute Gasteiger partial charge is 0.376 e. The summed E-state index contributed by atoms with van der Waals surface area (Å²) in [5, 5.41) is 0. The molecule has 1 aromatic carbocycles. The van der Waals surface area contributed by atoms with Crippen molar-refractivity contribution >= 4 is 0 Å². The van der Waals surface area contributed by atoms with Crippen LogP contribution in [0.5, 0.6) is 0 Å². The second-order valence-electron chi connectivity index (χ2n) is 4.59. The van der Waals surface area contributed by atoms with Gasteiger partial charge in [0.05, 0.1) is 18.3 Å². The minimum Gasteiger partial charge on any atom is -0.376 e. The summed E-state index contributed by atoms with van der Waals surface area (Å²) in [6, 6.07) is 5.49. The third-order valence-electron chi connectivity index (χ3n) is 3.32. The molecule has 2 atom stereocenters. The van der Waals surface area contributed by atoms with E-state index >= 15 is 0 Å². The van der Waals surface area contributed by atoms with Crippen molar-refractivity contribution in [3.8, 4) is 0 Å². The van der Waals surface area contributed by atoms with Crippen LogP contribution in [-0.4, -0.2) is 19.3 Å². The molecule has 100 valence electrons. The third kappa shape index (κ3) is 3.03. The van der Waals surface area contributed by atoms with E-state index in [0.717, 1.165) is 18.9 Å². The summed E-state index contributed by atoms with van der Waals surface area (Å²) in [7, 11) is 0. The van der Waals surface area contributed by atoms with E-state index in [1.54, 1.807) is 6.07 Å². The monoisotopic (exact) mass is 259 g/mol. The predicted octanol–water partition coefficient (Wildman–Crippen LogP) is 2.93. The topological polar surface area (TPSA) is 35.2 Å². The Morgan fingerprint density at radius 2 is 2.06 bits per heavy atom. The molecule has 1 aliphatic rings. The van der Waals surface area contributed by atoms with Crippen LogP contribution >= 0.6 is 0 Å². The van der Waals surface area contributed by atoms with Gasteiger partial charge in [-0.1, -0.05) is 18.2 Å². The third-order valence-corrected chi connectivity index (χ3v) is 3.32. The van der Waals surface area contributed by atoms with Crippen LogP contribution in [0.2, 0.25) is 0 Å². The van der Waals surface area contributed by atoms with E-state index in [2.05, 4.69) is 0 Å². The van der Waals surface area contributed by atoms with Crippen LogP contribution in [0.15, 0.2) is 24.3 Å². The SMILES string of the molecule is NCC1CCC(c2cccc(C(F)(F)F)c2)CO1. The van der Waals surface area contributed by atoms with Gasteiger partial charge in [-0.15, -0.1) is 0 Å². The van der Waals surface area contributed by atoms with Crippen molar-refractivity contribution < 1.29 is 17.9 Å². The molecule has 1 fully saturated rings. The molecule has 0 aromatic heterocycles. The Bertz CT molecular complexity index is 397. The maximum absolute atomic E-state index is 12.6. The van der Waals surface area contributed by atoms with Gasteiger partial charge >= 0.3 is 6.18 Å². The molecule has 2 nitrogen and oxygen atoms in total. The molecule has 5 heteroatoms. The van der Waals surface area contributed by atoms with E-state index in [0.29, 0.717) is 18.7 Å². The van der Waals surface area contributed by atoms with Gasteiger partial charge in [-0.05, 0) is 24.5 Å². The molecule has 0 bridgehead atoms. The van der Waals surface area contributed by atoms with Gasteiger partial charge in [-0.2, -0.15) is 13.2 Å². The van der Waals surface area contributed by atoms with Crippen molar-refractivity contribution in [3.63, 3.8) is 0 Å². The summed E-state index contributed by atoms with van der Waals surface area (Å²) >= 11 is 0. The lowest BCUT2D eigenvalue weighted by atomic mass is 9.90. The van der Waals surface area contributed by atoms with Crippen LogP contribution in [0.4, 0.5) is 13.2 Å². The van der Waals surface area contributed by atoms with Crippen molar-refractivity contribution in [2.75, 3.05) is 13.2 Å². The Balaban J connectivity index is 2.10. The Morgan fingerprint density at radius 3 is 2.61 bits per heavy atom. The number of ether oxygens (including phenoxy) is 1. The molecule has 1 aromatic rings. The number of halogens is 3. The minimum absolute atomic E-state index is 0.0371. The molecule has 2 unspecified atom stereocenters. The molecule has 0 radical (unpaired) electrons. The maximum atomic E-state index is 12.6. The zero-order valence-electron chi connectivity index (χ0n) is 9.91. The van der Waals surface area contributed by atoms with Crippen LogP contribution in [-0.2, 0) is 10.9 Å². The molecule has 0 aliphatic carbocycles. The van der Waals surface area contributed by atoms with Crippen molar-refractivity contribution in [2.24, 2.45) is 5.73 Å². The first kappa shape index (κ1) is 13.4. The molecule has 18 heavy (non-hydrogen) atoms. The molecule has 0 spiro atoms. The number of nitrogens with two attached hydrogens (primary N) is 1. The Labute approximate surface area is 104 Å². The molecule has 2 N–H and O–H groups in total.